The van der Waals surface area contributed by atoms with E-state index in [1.165, 1.54) is 0 Å². The highest BCUT2D eigenvalue weighted by molar-refractivity contribution is 6.01. The number of rotatable bonds is 2. The Kier molecular flexibility index (Phi) is 4.30. The Bertz CT molecular complexity index is 769. The summed E-state index contributed by atoms with van der Waals surface area (Å²) < 4.78 is 5.61. The van der Waals surface area contributed by atoms with Crippen molar-refractivity contribution in [2.45, 2.75) is 44.1 Å². The molecule has 0 saturated carbocycles. The first kappa shape index (κ1) is 15.9. The highest BCUT2D eigenvalue weighted by Gasteiger charge is 2.37. The summed E-state index contributed by atoms with van der Waals surface area (Å²) in [5, 5.41) is 2.87. The van der Waals surface area contributed by atoms with Crippen molar-refractivity contribution in [3.05, 3.63) is 54.0 Å². The van der Waals surface area contributed by atoms with Crippen molar-refractivity contribution in [1.82, 2.24) is 4.90 Å². The lowest BCUT2D eigenvalue weighted by atomic mass is 9.88. The number of anilines is 1. The molecule has 0 bridgehead atoms. The predicted molar refractivity (Wildman–Crippen MR) is 94.1 cm³/mol. The van der Waals surface area contributed by atoms with Crippen LogP contribution in [-0.4, -0.2) is 23.3 Å². The molecule has 2 aromatic rings. The van der Waals surface area contributed by atoms with E-state index in [9.17, 15) is 9.59 Å². The minimum atomic E-state index is -0.416. The molecule has 5 heteroatoms. The molecule has 1 aromatic carbocycles. The van der Waals surface area contributed by atoms with E-state index in [0.717, 1.165) is 42.7 Å². The number of carbonyl (C=O) groups is 2. The second kappa shape index (κ2) is 6.75. The van der Waals surface area contributed by atoms with Gasteiger partial charge in [-0.25, -0.2) is 0 Å². The van der Waals surface area contributed by atoms with Crippen LogP contribution in [0.2, 0.25) is 0 Å². The first-order chi connectivity index (χ1) is 12.2. The van der Waals surface area contributed by atoms with Gasteiger partial charge in [0.2, 0.25) is 11.8 Å². The van der Waals surface area contributed by atoms with Gasteiger partial charge < -0.3 is 14.6 Å². The summed E-state index contributed by atoms with van der Waals surface area (Å²) in [5.74, 6) is 0.358. The molecule has 2 aliphatic rings. The van der Waals surface area contributed by atoms with Crippen LogP contribution in [0.1, 0.15) is 55.4 Å². The number of nitrogens with one attached hydrogen (secondary N) is 1. The van der Waals surface area contributed by atoms with Crippen LogP contribution in [0.3, 0.4) is 0 Å². The standard InChI is InChI=1S/C20H22N2O3/c23-19-13-15(14-7-3-4-8-16(14)21-19)20(24)22-11-5-1-2-9-17(22)18-10-6-12-25-18/h3-4,6-8,10,12,15,17H,1-2,5,9,11,13H2,(H,21,23). The number of hydrogen-bond acceptors (Lipinski definition) is 3. The number of amides is 2. The molecule has 25 heavy (non-hydrogen) atoms. The lowest BCUT2D eigenvalue weighted by Crippen LogP contribution is -2.40. The largest absolute Gasteiger partial charge is 0.467 e. The Balaban J connectivity index is 1.67. The molecule has 2 unspecified atom stereocenters. The Morgan fingerprint density at radius 3 is 2.84 bits per heavy atom. The summed E-state index contributed by atoms with van der Waals surface area (Å²) in [7, 11) is 0. The summed E-state index contributed by atoms with van der Waals surface area (Å²) in [6.07, 6.45) is 5.95. The molecular formula is C20H22N2O3. The van der Waals surface area contributed by atoms with Crippen LogP contribution in [0, 0.1) is 0 Å². The number of para-hydroxylation sites is 1. The predicted octanol–water partition coefficient (Wildman–Crippen LogP) is 3.85. The van der Waals surface area contributed by atoms with Crippen LogP contribution in [0.4, 0.5) is 5.69 Å². The number of hydrogen-bond donors (Lipinski definition) is 1. The zero-order valence-electron chi connectivity index (χ0n) is 14.1. The Morgan fingerprint density at radius 1 is 1.12 bits per heavy atom. The van der Waals surface area contributed by atoms with Crippen molar-refractivity contribution in [1.29, 1.82) is 0 Å². The van der Waals surface area contributed by atoms with E-state index in [2.05, 4.69) is 5.32 Å². The van der Waals surface area contributed by atoms with Crippen LogP contribution < -0.4 is 5.32 Å². The van der Waals surface area contributed by atoms with E-state index in [1.807, 2.05) is 41.3 Å². The topological polar surface area (TPSA) is 62.6 Å². The molecule has 1 N–H and O–H groups in total. The summed E-state index contributed by atoms with van der Waals surface area (Å²) in [6.45, 7) is 0.713. The molecule has 2 amide bonds. The fourth-order valence-electron chi connectivity index (χ4n) is 3.98. The summed E-state index contributed by atoms with van der Waals surface area (Å²) in [4.78, 5) is 27.5. The summed E-state index contributed by atoms with van der Waals surface area (Å²) in [6, 6.07) is 11.4. The lowest BCUT2D eigenvalue weighted by Gasteiger charge is -2.34. The van der Waals surface area contributed by atoms with Gasteiger partial charge in [-0.1, -0.05) is 31.0 Å². The van der Waals surface area contributed by atoms with Crippen molar-refractivity contribution in [2.75, 3.05) is 11.9 Å². The van der Waals surface area contributed by atoms with Gasteiger partial charge in [0.25, 0.3) is 0 Å². The van der Waals surface area contributed by atoms with Gasteiger partial charge in [-0.05, 0) is 36.6 Å². The van der Waals surface area contributed by atoms with Crippen LogP contribution in [-0.2, 0) is 9.59 Å². The molecular weight excluding hydrogens is 316 g/mol. The molecule has 5 nitrogen and oxygen atoms in total. The molecule has 1 saturated heterocycles. The van der Waals surface area contributed by atoms with Crippen molar-refractivity contribution >= 4 is 17.5 Å². The average Bonchev–Trinajstić information content (AvgIpc) is 3.05. The van der Waals surface area contributed by atoms with Gasteiger partial charge in [0, 0.05) is 18.7 Å². The van der Waals surface area contributed by atoms with E-state index in [1.54, 1.807) is 6.26 Å². The third-order valence-corrected chi connectivity index (χ3v) is 5.21. The van der Waals surface area contributed by atoms with Gasteiger partial charge in [0.15, 0.2) is 0 Å². The van der Waals surface area contributed by atoms with Gasteiger partial charge in [-0.15, -0.1) is 0 Å². The molecule has 1 aromatic heterocycles. The number of likely N-dealkylation sites (tertiary alicyclic amines) is 1. The highest BCUT2D eigenvalue weighted by atomic mass is 16.3. The minimum absolute atomic E-state index is 0.0330. The molecule has 4 rings (SSSR count). The molecule has 2 atom stereocenters. The van der Waals surface area contributed by atoms with E-state index < -0.39 is 5.92 Å². The number of nitrogens with zero attached hydrogens (tertiary/aromatic N) is 1. The first-order valence-electron chi connectivity index (χ1n) is 8.96. The van der Waals surface area contributed by atoms with E-state index >= 15 is 0 Å². The smallest absolute Gasteiger partial charge is 0.231 e. The summed E-state index contributed by atoms with van der Waals surface area (Å²) >= 11 is 0. The number of fused-ring (bicyclic) bond motifs is 1. The maximum atomic E-state index is 13.4. The fraction of sp³-hybridized carbons (Fsp3) is 0.400. The zero-order chi connectivity index (χ0) is 17.2. The Labute approximate surface area is 147 Å². The average molecular weight is 338 g/mol. The fourth-order valence-corrected chi connectivity index (χ4v) is 3.98. The molecule has 3 heterocycles. The normalized spacial score (nSPS) is 23.5. The molecule has 130 valence electrons. The van der Waals surface area contributed by atoms with Crippen LogP contribution in [0.5, 0.6) is 0 Å². The second-order valence-corrected chi connectivity index (χ2v) is 6.80. The molecule has 0 radical (unpaired) electrons. The van der Waals surface area contributed by atoms with Crippen LogP contribution in [0.15, 0.2) is 47.1 Å². The quantitative estimate of drug-likeness (QED) is 0.905. The molecule has 0 spiro atoms. The Hall–Kier alpha value is -2.56. The van der Waals surface area contributed by atoms with E-state index in [-0.39, 0.29) is 24.3 Å². The van der Waals surface area contributed by atoms with Gasteiger partial charge in [0.05, 0.1) is 18.2 Å². The maximum Gasteiger partial charge on any atom is 0.231 e. The summed E-state index contributed by atoms with van der Waals surface area (Å²) in [5.41, 5.74) is 1.66. The molecule has 2 aliphatic heterocycles. The maximum absolute atomic E-state index is 13.4. The van der Waals surface area contributed by atoms with Crippen molar-refractivity contribution in [2.24, 2.45) is 0 Å². The van der Waals surface area contributed by atoms with Gasteiger partial charge in [0.1, 0.15) is 5.76 Å². The number of benzene rings is 1. The van der Waals surface area contributed by atoms with Gasteiger partial charge in [-0.3, -0.25) is 9.59 Å². The van der Waals surface area contributed by atoms with Gasteiger partial charge in [-0.2, -0.15) is 0 Å². The van der Waals surface area contributed by atoms with E-state index in [4.69, 9.17) is 4.42 Å². The monoisotopic (exact) mass is 338 g/mol. The van der Waals surface area contributed by atoms with Crippen molar-refractivity contribution in [3.8, 4) is 0 Å². The minimum Gasteiger partial charge on any atom is -0.467 e. The highest BCUT2D eigenvalue weighted by Crippen LogP contribution is 2.37. The van der Waals surface area contributed by atoms with Crippen molar-refractivity contribution < 1.29 is 14.0 Å². The van der Waals surface area contributed by atoms with E-state index in [0.29, 0.717) is 6.54 Å². The molecule has 0 aliphatic carbocycles. The number of furan rings is 1. The van der Waals surface area contributed by atoms with Crippen LogP contribution >= 0.6 is 0 Å². The third-order valence-electron chi connectivity index (χ3n) is 5.21. The SMILES string of the molecule is O=C1CC(C(=O)N2CCCCCC2c2ccco2)c2ccccc2N1. The Morgan fingerprint density at radius 2 is 2.00 bits per heavy atom. The second-order valence-electron chi connectivity index (χ2n) is 6.80. The lowest BCUT2D eigenvalue weighted by molar-refractivity contribution is -0.137. The van der Waals surface area contributed by atoms with Gasteiger partial charge >= 0.3 is 0 Å². The zero-order valence-corrected chi connectivity index (χ0v) is 14.1. The first-order valence-corrected chi connectivity index (χ1v) is 8.96. The molecule has 1 fully saturated rings. The van der Waals surface area contributed by atoms with Crippen molar-refractivity contribution in [3.63, 3.8) is 0 Å². The van der Waals surface area contributed by atoms with Crippen LogP contribution in [0.25, 0.3) is 0 Å². The number of carbonyl (C=O) groups excluding carboxylic acids is 2. The third kappa shape index (κ3) is 3.06.